The average Bonchev–Trinajstić information content (AvgIpc) is 2.83. The predicted molar refractivity (Wildman–Crippen MR) is 126 cm³/mol. The highest BCUT2D eigenvalue weighted by Gasteiger charge is 2.33. The number of likely N-dealkylation sites (N-methyl/N-ethyl adjacent to an activating group) is 1. The summed E-state index contributed by atoms with van der Waals surface area (Å²) < 4.78 is 29.1. The Morgan fingerprint density at radius 1 is 1.00 bits per heavy atom. The number of halogens is 2. The minimum Gasteiger partial charge on any atom is -0.367 e. The van der Waals surface area contributed by atoms with Crippen molar-refractivity contribution >= 4 is 23.0 Å². The van der Waals surface area contributed by atoms with Crippen LogP contribution in [0.2, 0.25) is 0 Å². The lowest BCUT2D eigenvalue weighted by Gasteiger charge is -2.41. The molecule has 2 saturated heterocycles. The van der Waals surface area contributed by atoms with Crippen molar-refractivity contribution in [2.24, 2.45) is 0 Å². The van der Waals surface area contributed by atoms with Gasteiger partial charge in [-0.1, -0.05) is 19.1 Å². The average molecular weight is 474 g/mol. The molecule has 0 N–H and O–H groups in total. The maximum absolute atomic E-state index is 14.9. The maximum Gasteiger partial charge on any atom is 0.295 e. The zero-order valence-corrected chi connectivity index (χ0v) is 19.4. The molecule has 8 nitrogen and oxygen atoms in total. The smallest absolute Gasteiger partial charge is 0.295 e. The molecule has 0 radical (unpaired) electrons. The van der Waals surface area contributed by atoms with E-state index in [9.17, 15) is 23.7 Å². The normalized spacial score (nSPS) is 19.4. The van der Waals surface area contributed by atoms with Crippen molar-refractivity contribution in [2.75, 3.05) is 62.2 Å². The number of amides is 1. The van der Waals surface area contributed by atoms with E-state index in [1.807, 2.05) is 16.7 Å². The Morgan fingerprint density at radius 3 is 2.29 bits per heavy atom. The van der Waals surface area contributed by atoms with Gasteiger partial charge in [-0.3, -0.25) is 14.9 Å². The molecule has 4 rings (SSSR count). The number of hydrogen-bond acceptors (Lipinski definition) is 6. The molecule has 0 aromatic heterocycles. The fourth-order valence-corrected chi connectivity index (χ4v) is 4.75. The molecule has 0 spiro atoms. The van der Waals surface area contributed by atoms with Gasteiger partial charge in [-0.15, -0.1) is 0 Å². The Hall–Kier alpha value is -3.27. The summed E-state index contributed by atoms with van der Waals surface area (Å²) in [5.74, 6) is -1.60. The van der Waals surface area contributed by atoms with Crippen molar-refractivity contribution in [1.82, 2.24) is 9.80 Å². The molecule has 0 bridgehead atoms. The van der Waals surface area contributed by atoms with Crippen LogP contribution in [0.25, 0.3) is 0 Å². The summed E-state index contributed by atoms with van der Waals surface area (Å²) in [7, 11) is 0. The summed E-state index contributed by atoms with van der Waals surface area (Å²) in [5.41, 5.74) is 0.400. The lowest BCUT2D eigenvalue weighted by molar-refractivity contribution is -0.384. The zero-order chi connectivity index (χ0) is 24.4. The van der Waals surface area contributed by atoms with Gasteiger partial charge in [0, 0.05) is 51.9 Å². The van der Waals surface area contributed by atoms with Crippen LogP contribution in [0.5, 0.6) is 0 Å². The molecule has 2 fully saturated rings. The first-order valence-corrected chi connectivity index (χ1v) is 11.6. The Balaban J connectivity index is 1.57. The minimum atomic E-state index is -0.609. The van der Waals surface area contributed by atoms with Crippen LogP contribution in [0.1, 0.15) is 24.2 Å². The van der Waals surface area contributed by atoms with Crippen molar-refractivity contribution in [3.05, 3.63) is 63.7 Å². The first-order valence-electron chi connectivity index (χ1n) is 11.6. The van der Waals surface area contributed by atoms with Crippen LogP contribution in [-0.4, -0.2) is 79.0 Å². The van der Waals surface area contributed by atoms with E-state index in [1.54, 1.807) is 17.0 Å². The van der Waals surface area contributed by atoms with Crippen molar-refractivity contribution < 1.29 is 18.5 Å². The molecule has 182 valence electrons. The quantitative estimate of drug-likeness (QED) is 0.490. The molecular weight excluding hydrogens is 444 g/mol. The zero-order valence-electron chi connectivity index (χ0n) is 19.4. The van der Waals surface area contributed by atoms with Gasteiger partial charge in [0.05, 0.1) is 22.2 Å². The molecular formula is C24H29F2N5O3. The number of benzene rings is 2. The van der Waals surface area contributed by atoms with E-state index in [2.05, 4.69) is 11.8 Å². The second-order valence-corrected chi connectivity index (χ2v) is 8.74. The number of piperazine rings is 2. The van der Waals surface area contributed by atoms with Crippen molar-refractivity contribution in [3.8, 4) is 0 Å². The van der Waals surface area contributed by atoms with Gasteiger partial charge in [-0.25, -0.2) is 8.78 Å². The maximum atomic E-state index is 14.9. The summed E-state index contributed by atoms with van der Waals surface area (Å²) in [6.07, 6.45) is 0. The van der Waals surface area contributed by atoms with Crippen LogP contribution in [0.4, 0.5) is 25.8 Å². The number of nitro benzene ring substituents is 1. The molecule has 1 amide bonds. The van der Waals surface area contributed by atoms with E-state index in [4.69, 9.17) is 0 Å². The predicted octanol–water partition coefficient (Wildman–Crippen LogP) is 3.37. The Bertz CT molecular complexity index is 1070. The monoisotopic (exact) mass is 473 g/mol. The van der Waals surface area contributed by atoms with Crippen LogP contribution in [0.15, 0.2) is 36.4 Å². The van der Waals surface area contributed by atoms with Crippen molar-refractivity contribution in [2.45, 2.75) is 19.9 Å². The highest BCUT2D eigenvalue weighted by atomic mass is 19.1. The number of carbonyl (C=O) groups excluding carboxylic acids is 1. The lowest BCUT2D eigenvalue weighted by Crippen LogP contribution is -2.54. The topological polar surface area (TPSA) is 73.2 Å². The Morgan fingerprint density at radius 2 is 1.68 bits per heavy atom. The second kappa shape index (κ2) is 9.92. The molecule has 2 aliphatic heterocycles. The van der Waals surface area contributed by atoms with Crippen LogP contribution >= 0.6 is 0 Å². The van der Waals surface area contributed by atoms with Crippen molar-refractivity contribution in [1.29, 1.82) is 0 Å². The fraction of sp³-hybridized carbons (Fsp3) is 0.458. The van der Waals surface area contributed by atoms with E-state index in [1.165, 1.54) is 18.2 Å². The molecule has 1 unspecified atom stereocenters. The first-order chi connectivity index (χ1) is 16.3. The number of hydrogen-bond donors (Lipinski definition) is 0. The molecule has 2 aromatic rings. The second-order valence-electron chi connectivity index (χ2n) is 8.74. The SMILES string of the molecule is CCN1CCN(c2cc(N3CCN(C(=O)c4ccccc4F)C(C)C3)c([N+](=O)[O-])cc2F)CC1. The van der Waals surface area contributed by atoms with E-state index < -0.39 is 22.5 Å². The molecule has 2 heterocycles. The summed E-state index contributed by atoms with van der Waals surface area (Å²) >= 11 is 0. The van der Waals surface area contributed by atoms with Gasteiger partial charge in [0.25, 0.3) is 11.6 Å². The van der Waals surface area contributed by atoms with Crippen LogP contribution in [-0.2, 0) is 0 Å². The lowest BCUT2D eigenvalue weighted by atomic mass is 10.1. The third-order valence-corrected chi connectivity index (χ3v) is 6.73. The third kappa shape index (κ3) is 4.68. The first kappa shape index (κ1) is 23.9. The summed E-state index contributed by atoms with van der Waals surface area (Å²) in [6, 6.07) is 8.09. The van der Waals surface area contributed by atoms with E-state index >= 15 is 0 Å². The number of carbonyl (C=O) groups is 1. The van der Waals surface area contributed by atoms with Crippen molar-refractivity contribution in [3.63, 3.8) is 0 Å². The van der Waals surface area contributed by atoms with Gasteiger partial charge < -0.3 is 19.6 Å². The van der Waals surface area contributed by atoms with Gasteiger partial charge in [0.1, 0.15) is 11.5 Å². The van der Waals surface area contributed by atoms with E-state index in [-0.39, 0.29) is 23.8 Å². The standard InChI is InChI=1S/C24H29F2N5O3/c1-3-27-8-10-28(11-9-27)21-15-22(23(31(33)34)14-20(21)26)29-12-13-30(17(2)16-29)24(32)18-6-4-5-7-19(18)25/h4-7,14-15,17H,3,8-13,16H2,1-2H3. The van der Waals surface area contributed by atoms with Crippen LogP contribution in [0, 0.1) is 21.7 Å². The van der Waals surface area contributed by atoms with Gasteiger partial charge in [0.2, 0.25) is 0 Å². The highest BCUT2D eigenvalue weighted by Crippen LogP contribution is 2.36. The summed E-state index contributed by atoms with van der Waals surface area (Å²) in [6.45, 7) is 8.63. The third-order valence-electron chi connectivity index (χ3n) is 6.73. The molecule has 2 aliphatic rings. The van der Waals surface area contributed by atoms with Gasteiger partial charge in [-0.05, 0) is 31.7 Å². The number of anilines is 2. The molecule has 0 aliphatic carbocycles. The fourth-order valence-electron chi connectivity index (χ4n) is 4.75. The number of rotatable bonds is 5. The molecule has 2 aromatic carbocycles. The van der Waals surface area contributed by atoms with Gasteiger partial charge in [-0.2, -0.15) is 0 Å². The molecule has 0 saturated carbocycles. The molecule has 10 heteroatoms. The van der Waals surface area contributed by atoms with E-state index in [0.29, 0.717) is 37.6 Å². The molecule has 34 heavy (non-hydrogen) atoms. The summed E-state index contributed by atoms with van der Waals surface area (Å²) in [4.78, 5) is 31.7. The Labute approximate surface area is 197 Å². The van der Waals surface area contributed by atoms with Gasteiger partial charge in [0.15, 0.2) is 5.82 Å². The summed E-state index contributed by atoms with van der Waals surface area (Å²) in [5, 5.41) is 11.7. The number of nitrogens with zero attached hydrogens (tertiary/aromatic N) is 5. The Kier molecular flexibility index (Phi) is 6.97. The van der Waals surface area contributed by atoms with Crippen LogP contribution in [0.3, 0.4) is 0 Å². The van der Waals surface area contributed by atoms with Gasteiger partial charge >= 0.3 is 0 Å². The molecule has 1 atom stereocenters. The van der Waals surface area contributed by atoms with E-state index in [0.717, 1.165) is 25.7 Å². The number of nitro groups is 1. The highest BCUT2D eigenvalue weighted by molar-refractivity contribution is 5.95. The minimum absolute atomic E-state index is 0.00377. The largest absolute Gasteiger partial charge is 0.367 e. The van der Waals surface area contributed by atoms with Crippen LogP contribution < -0.4 is 9.80 Å².